The monoisotopic (exact) mass is 410 g/mol. The number of hydrogen-bond donors (Lipinski definition) is 2. The van der Waals surface area contributed by atoms with Gasteiger partial charge < -0.3 is 11.1 Å². The maximum absolute atomic E-state index is 13.2. The first-order valence-electron chi connectivity index (χ1n) is 9.55. The molecule has 0 radical (unpaired) electrons. The van der Waals surface area contributed by atoms with E-state index < -0.39 is 11.8 Å². The largest absolute Gasteiger partial charge is 0.366 e. The summed E-state index contributed by atoms with van der Waals surface area (Å²) >= 11 is 1.59. The van der Waals surface area contributed by atoms with Crippen LogP contribution in [0.5, 0.6) is 0 Å². The highest BCUT2D eigenvalue weighted by molar-refractivity contribution is 7.18. The molecule has 1 aliphatic carbocycles. The summed E-state index contributed by atoms with van der Waals surface area (Å²) in [7, 11) is 0. The zero-order valence-electron chi connectivity index (χ0n) is 16.3. The fourth-order valence-electron chi connectivity index (χ4n) is 3.85. The van der Waals surface area contributed by atoms with Crippen LogP contribution in [0.2, 0.25) is 0 Å². The van der Waals surface area contributed by atoms with Crippen molar-refractivity contribution < 1.29 is 9.59 Å². The van der Waals surface area contributed by atoms with Gasteiger partial charge in [0.2, 0.25) is 5.91 Å². The molecular weight excluding hydrogens is 388 g/mol. The lowest BCUT2D eigenvalue weighted by atomic mass is 9.89. The van der Waals surface area contributed by atoms with Crippen molar-refractivity contribution in [2.45, 2.75) is 39.7 Å². The molecule has 29 heavy (non-hydrogen) atoms. The number of carbonyl (C=O) groups excluding carboxylic acids is 2. The number of aryl methyl sites for hydroxylation is 2. The molecule has 2 heterocycles. The molecule has 4 rings (SSSR count). The van der Waals surface area contributed by atoms with E-state index in [1.807, 2.05) is 0 Å². The highest BCUT2D eigenvalue weighted by atomic mass is 32.1. The number of rotatable bonds is 4. The lowest BCUT2D eigenvalue weighted by Gasteiger charge is -2.17. The molecule has 8 heteroatoms. The molecule has 1 unspecified atom stereocenters. The maximum Gasteiger partial charge on any atom is 0.263 e. The van der Waals surface area contributed by atoms with Crippen LogP contribution < -0.4 is 16.6 Å². The number of fused-ring (bicyclic) bond motifs is 3. The van der Waals surface area contributed by atoms with Crippen LogP contribution in [0.1, 0.15) is 40.0 Å². The number of amides is 2. The number of nitrogens with zero attached hydrogens (tertiary/aromatic N) is 2. The lowest BCUT2D eigenvalue weighted by Crippen LogP contribution is -2.31. The molecular formula is C21H22N4O3S. The second-order valence-corrected chi connectivity index (χ2v) is 8.62. The molecule has 3 N–H and O–H groups in total. The van der Waals surface area contributed by atoms with Crippen molar-refractivity contribution in [3.05, 3.63) is 56.4 Å². The van der Waals surface area contributed by atoms with Crippen molar-refractivity contribution in [1.29, 1.82) is 0 Å². The van der Waals surface area contributed by atoms with E-state index >= 15 is 0 Å². The van der Waals surface area contributed by atoms with Gasteiger partial charge in [-0.25, -0.2) is 4.98 Å². The zero-order chi connectivity index (χ0) is 20.7. The fraction of sp³-hybridized carbons (Fsp3) is 0.333. The van der Waals surface area contributed by atoms with Gasteiger partial charge in [-0.1, -0.05) is 19.1 Å². The molecule has 1 aliphatic rings. The third-order valence-corrected chi connectivity index (χ3v) is 6.52. The minimum absolute atomic E-state index is 0.179. The van der Waals surface area contributed by atoms with Crippen molar-refractivity contribution in [1.82, 2.24) is 9.55 Å². The Morgan fingerprint density at radius 3 is 2.86 bits per heavy atom. The van der Waals surface area contributed by atoms with Crippen molar-refractivity contribution in [3.8, 4) is 0 Å². The SMILES string of the molecule is Cc1nc2sc3c(c2c(=O)n1CC(=O)Nc1ccccc1C(N)=O)CCC(C)C3. The van der Waals surface area contributed by atoms with Crippen LogP contribution in [0.4, 0.5) is 5.69 Å². The number of nitrogens with two attached hydrogens (primary N) is 1. The second-order valence-electron chi connectivity index (χ2n) is 7.54. The van der Waals surface area contributed by atoms with E-state index in [-0.39, 0.29) is 17.7 Å². The molecule has 0 bridgehead atoms. The molecule has 7 nitrogen and oxygen atoms in total. The molecule has 1 atom stereocenters. The Labute approximate surface area is 171 Å². The number of primary amides is 1. The first-order valence-corrected chi connectivity index (χ1v) is 10.4. The van der Waals surface area contributed by atoms with Crippen LogP contribution in [-0.4, -0.2) is 21.4 Å². The van der Waals surface area contributed by atoms with E-state index in [1.54, 1.807) is 42.5 Å². The van der Waals surface area contributed by atoms with E-state index in [0.29, 0.717) is 22.8 Å². The summed E-state index contributed by atoms with van der Waals surface area (Å²) in [6.07, 6.45) is 2.89. The average Bonchev–Trinajstić information content (AvgIpc) is 3.02. The van der Waals surface area contributed by atoms with E-state index in [1.165, 1.54) is 9.44 Å². The number of aromatic nitrogens is 2. The number of benzene rings is 1. The average molecular weight is 410 g/mol. The Hall–Kier alpha value is -3.00. The van der Waals surface area contributed by atoms with Gasteiger partial charge in [0.25, 0.3) is 11.5 Å². The van der Waals surface area contributed by atoms with Crippen molar-refractivity contribution in [3.63, 3.8) is 0 Å². The van der Waals surface area contributed by atoms with Gasteiger partial charge >= 0.3 is 0 Å². The topological polar surface area (TPSA) is 107 Å². The van der Waals surface area contributed by atoms with Crippen LogP contribution in [-0.2, 0) is 24.2 Å². The minimum Gasteiger partial charge on any atom is -0.366 e. The molecule has 150 valence electrons. The standard InChI is InChI=1S/C21H22N4O3S/c1-11-7-8-14-16(9-11)29-20-18(14)21(28)25(12(2)23-20)10-17(26)24-15-6-4-3-5-13(15)19(22)27/h3-6,11H,7-10H2,1-2H3,(H2,22,27)(H,24,26). The van der Waals surface area contributed by atoms with Crippen LogP contribution in [0.25, 0.3) is 10.2 Å². The Kier molecular flexibility index (Phi) is 4.96. The van der Waals surface area contributed by atoms with E-state index in [0.717, 1.165) is 29.7 Å². The number of thiophene rings is 1. The summed E-state index contributed by atoms with van der Waals surface area (Å²) in [5.41, 5.74) is 6.82. The van der Waals surface area contributed by atoms with Gasteiger partial charge in [-0.05, 0) is 49.8 Å². The smallest absolute Gasteiger partial charge is 0.263 e. The van der Waals surface area contributed by atoms with Gasteiger partial charge in [0.05, 0.1) is 16.6 Å². The molecule has 0 spiro atoms. The lowest BCUT2D eigenvalue weighted by molar-refractivity contribution is -0.116. The van der Waals surface area contributed by atoms with Gasteiger partial charge in [0.1, 0.15) is 17.2 Å². The van der Waals surface area contributed by atoms with Crippen LogP contribution in [0, 0.1) is 12.8 Å². The van der Waals surface area contributed by atoms with Crippen molar-refractivity contribution >= 4 is 39.1 Å². The Morgan fingerprint density at radius 2 is 2.10 bits per heavy atom. The molecule has 0 saturated carbocycles. The predicted molar refractivity (Wildman–Crippen MR) is 113 cm³/mol. The number of anilines is 1. The van der Waals surface area contributed by atoms with E-state index in [4.69, 9.17) is 5.73 Å². The summed E-state index contributed by atoms with van der Waals surface area (Å²) in [6.45, 7) is 3.77. The fourth-order valence-corrected chi connectivity index (χ4v) is 5.27. The number of para-hydroxylation sites is 1. The van der Waals surface area contributed by atoms with Crippen LogP contribution in [0.15, 0.2) is 29.1 Å². The van der Waals surface area contributed by atoms with Crippen molar-refractivity contribution in [2.75, 3.05) is 5.32 Å². The Bertz CT molecular complexity index is 1190. The van der Waals surface area contributed by atoms with Crippen LogP contribution in [0.3, 0.4) is 0 Å². The summed E-state index contributed by atoms with van der Waals surface area (Å²) < 4.78 is 1.40. The number of carbonyl (C=O) groups is 2. The summed E-state index contributed by atoms with van der Waals surface area (Å²) in [4.78, 5) is 44.0. The molecule has 3 aromatic rings. The third-order valence-electron chi connectivity index (χ3n) is 5.37. The number of nitrogens with one attached hydrogen (secondary N) is 1. The Balaban J connectivity index is 1.67. The first kappa shape index (κ1) is 19.3. The summed E-state index contributed by atoms with van der Waals surface area (Å²) in [5, 5.41) is 3.33. The van der Waals surface area contributed by atoms with Gasteiger partial charge in [-0.3, -0.25) is 19.0 Å². The molecule has 1 aromatic carbocycles. The Morgan fingerprint density at radius 1 is 1.34 bits per heavy atom. The normalized spacial score (nSPS) is 15.9. The van der Waals surface area contributed by atoms with Gasteiger partial charge in [0, 0.05) is 4.88 Å². The van der Waals surface area contributed by atoms with Crippen molar-refractivity contribution in [2.24, 2.45) is 11.7 Å². The maximum atomic E-state index is 13.2. The van der Waals surface area contributed by atoms with E-state index in [2.05, 4.69) is 17.2 Å². The molecule has 2 amide bonds. The number of hydrogen-bond acceptors (Lipinski definition) is 5. The van der Waals surface area contributed by atoms with Crippen LogP contribution >= 0.6 is 11.3 Å². The molecule has 0 aliphatic heterocycles. The van der Waals surface area contributed by atoms with Gasteiger partial charge in [-0.2, -0.15) is 0 Å². The minimum atomic E-state index is -0.628. The third kappa shape index (κ3) is 3.55. The molecule has 0 saturated heterocycles. The van der Waals surface area contributed by atoms with E-state index in [9.17, 15) is 14.4 Å². The second kappa shape index (κ2) is 7.44. The predicted octanol–water partition coefficient (Wildman–Crippen LogP) is 2.63. The molecule has 0 fully saturated rings. The highest BCUT2D eigenvalue weighted by Gasteiger charge is 2.24. The summed E-state index contributed by atoms with van der Waals surface area (Å²) in [5.74, 6) is 0.0571. The van der Waals surface area contributed by atoms with Gasteiger partial charge in [-0.15, -0.1) is 11.3 Å². The zero-order valence-corrected chi connectivity index (χ0v) is 17.1. The quantitative estimate of drug-likeness (QED) is 0.689. The first-order chi connectivity index (χ1) is 13.8. The summed E-state index contributed by atoms with van der Waals surface area (Å²) in [6, 6.07) is 6.52. The van der Waals surface area contributed by atoms with Gasteiger partial charge in [0.15, 0.2) is 0 Å². The highest BCUT2D eigenvalue weighted by Crippen LogP contribution is 2.35. The molecule has 2 aromatic heterocycles.